The highest BCUT2D eigenvalue weighted by molar-refractivity contribution is 5.58. The lowest BCUT2D eigenvalue weighted by molar-refractivity contribution is 0.00384. The number of aliphatic hydroxyl groups is 1. The molecule has 0 aliphatic rings. The highest BCUT2D eigenvalue weighted by Gasteiger charge is 2.16. The van der Waals surface area contributed by atoms with Crippen molar-refractivity contribution in [3.8, 4) is 6.07 Å². The Morgan fingerprint density at radius 3 is 2.75 bits per heavy atom. The molecule has 1 aromatic rings. The second kappa shape index (κ2) is 5.42. The third kappa shape index (κ3) is 3.17. The fraction of sp³-hybridized carbons (Fsp3) is 0.364. The quantitative estimate of drug-likeness (QED) is 0.824. The highest BCUT2D eigenvalue weighted by Crippen LogP contribution is 2.16. The number of aryl methyl sites for hydroxylation is 1. The van der Waals surface area contributed by atoms with Crippen LogP contribution in [0.2, 0.25) is 0 Å². The maximum absolute atomic E-state index is 12.0. The Morgan fingerprint density at radius 1 is 1.50 bits per heavy atom. The van der Waals surface area contributed by atoms with Crippen molar-refractivity contribution in [2.45, 2.75) is 19.5 Å². The minimum Gasteiger partial charge on any atom is -0.385 e. The van der Waals surface area contributed by atoms with E-state index in [0.717, 1.165) is 5.56 Å². The predicted octanol–water partition coefficient (Wildman–Crippen LogP) is 1.90. The van der Waals surface area contributed by atoms with E-state index in [1.165, 1.54) is 0 Å². The van der Waals surface area contributed by atoms with Crippen molar-refractivity contribution in [3.63, 3.8) is 0 Å². The molecular weight excluding hydrogens is 214 g/mol. The fourth-order valence-electron chi connectivity index (χ4n) is 1.21. The first-order valence-corrected chi connectivity index (χ1v) is 4.75. The Morgan fingerprint density at radius 2 is 2.19 bits per heavy atom. The first-order valence-electron chi connectivity index (χ1n) is 4.75. The van der Waals surface area contributed by atoms with Gasteiger partial charge in [0.15, 0.2) is 0 Å². The number of nitrogens with zero attached hydrogens (tertiary/aromatic N) is 1. The lowest BCUT2D eigenvalue weighted by atomic mass is 10.1. The molecule has 0 radical (unpaired) electrons. The molecule has 2 N–H and O–H groups in total. The van der Waals surface area contributed by atoms with Crippen molar-refractivity contribution < 1.29 is 13.9 Å². The van der Waals surface area contributed by atoms with E-state index in [0.29, 0.717) is 11.3 Å². The molecule has 0 heterocycles. The summed E-state index contributed by atoms with van der Waals surface area (Å²) in [5.41, 5.74) is 1.74. The van der Waals surface area contributed by atoms with Gasteiger partial charge in [0.25, 0.3) is 6.43 Å². The Balaban J connectivity index is 2.73. The third-order valence-electron chi connectivity index (χ3n) is 2.09. The van der Waals surface area contributed by atoms with E-state index < -0.39 is 12.5 Å². The van der Waals surface area contributed by atoms with Crippen LogP contribution in [-0.2, 0) is 0 Å². The van der Waals surface area contributed by atoms with Crippen LogP contribution in [0.4, 0.5) is 14.5 Å². The summed E-state index contributed by atoms with van der Waals surface area (Å²) in [6, 6.07) is 6.98. The van der Waals surface area contributed by atoms with E-state index >= 15 is 0 Å². The molecule has 0 fully saturated rings. The maximum atomic E-state index is 12.0. The van der Waals surface area contributed by atoms with Gasteiger partial charge in [-0.25, -0.2) is 8.78 Å². The van der Waals surface area contributed by atoms with Gasteiger partial charge in [-0.1, -0.05) is 6.07 Å². The van der Waals surface area contributed by atoms with Gasteiger partial charge in [0, 0.05) is 6.54 Å². The number of hydrogen-bond donors (Lipinski definition) is 2. The summed E-state index contributed by atoms with van der Waals surface area (Å²) in [5, 5.41) is 20.3. The first-order chi connectivity index (χ1) is 7.54. The topological polar surface area (TPSA) is 56.0 Å². The number of nitriles is 1. The Labute approximate surface area is 92.3 Å². The molecule has 0 bridgehead atoms. The zero-order chi connectivity index (χ0) is 12.1. The third-order valence-corrected chi connectivity index (χ3v) is 2.09. The number of halogens is 2. The average Bonchev–Trinajstić information content (AvgIpc) is 2.25. The van der Waals surface area contributed by atoms with Crippen molar-refractivity contribution in [2.24, 2.45) is 0 Å². The minimum absolute atomic E-state index is 0.282. The van der Waals surface area contributed by atoms with Gasteiger partial charge in [-0.2, -0.15) is 5.26 Å². The van der Waals surface area contributed by atoms with Gasteiger partial charge < -0.3 is 10.4 Å². The zero-order valence-electron chi connectivity index (χ0n) is 8.74. The van der Waals surface area contributed by atoms with Gasteiger partial charge in [-0.3, -0.25) is 0 Å². The van der Waals surface area contributed by atoms with Gasteiger partial charge >= 0.3 is 0 Å². The second-order valence-electron chi connectivity index (χ2n) is 3.44. The van der Waals surface area contributed by atoms with Crippen molar-refractivity contribution in [1.29, 1.82) is 5.26 Å². The van der Waals surface area contributed by atoms with E-state index in [1.54, 1.807) is 18.2 Å². The molecule has 16 heavy (non-hydrogen) atoms. The molecule has 1 unspecified atom stereocenters. The molecule has 0 aromatic heterocycles. The lowest BCUT2D eigenvalue weighted by Gasteiger charge is -2.13. The zero-order valence-corrected chi connectivity index (χ0v) is 8.74. The van der Waals surface area contributed by atoms with Crippen molar-refractivity contribution >= 4 is 5.69 Å². The molecule has 1 aromatic carbocycles. The van der Waals surface area contributed by atoms with Gasteiger partial charge in [0.2, 0.25) is 0 Å². The average molecular weight is 226 g/mol. The van der Waals surface area contributed by atoms with E-state index in [-0.39, 0.29) is 6.54 Å². The Kier molecular flexibility index (Phi) is 4.20. The summed E-state index contributed by atoms with van der Waals surface area (Å²) in [7, 11) is 0. The van der Waals surface area contributed by atoms with Crippen LogP contribution in [0.25, 0.3) is 0 Å². The number of rotatable bonds is 4. The molecular formula is C11H12F2N2O. The molecule has 0 spiro atoms. The van der Waals surface area contributed by atoms with Gasteiger partial charge in [0.05, 0.1) is 11.3 Å². The predicted molar refractivity (Wildman–Crippen MR) is 56.4 cm³/mol. The molecule has 5 heteroatoms. The monoisotopic (exact) mass is 226 g/mol. The van der Waals surface area contributed by atoms with Crippen LogP contribution in [0.1, 0.15) is 11.1 Å². The Hall–Kier alpha value is -1.67. The summed E-state index contributed by atoms with van der Waals surface area (Å²) in [5.74, 6) is 0. The molecule has 0 saturated heterocycles. The van der Waals surface area contributed by atoms with Gasteiger partial charge in [-0.15, -0.1) is 0 Å². The molecule has 0 aliphatic heterocycles. The maximum Gasteiger partial charge on any atom is 0.265 e. The van der Waals surface area contributed by atoms with Gasteiger partial charge in [-0.05, 0) is 24.6 Å². The fourth-order valence-corrected chi connectivity index (χ4v) is 1.21. The summed E-state index contributed by atoms with van der Waals surface area (Å²) in [4.78, 5) is 0. The first kappa shape index (κ1) is 12.4. The molecule has 0 aliphatic carbocycles. The number of hydrogen-bond acceptors (Lipinski definition) is 3. The lowest BCUT2D eigenvalue weighted by Crippen LogP contribution is -2.27. The van der Waals surface area contributed by atoms with Crippen LogP contribution < -0.4 is 5.32 Å². The molecule has 1 atom stereocenters. The molecule has 0 amide bonds. The molecule has 86 valence electrons. The van der Waals surface area contributed by atoms with E-state index in [1.807, 2.05) is 13.0 Å². The van der Waals surface area contributed by atoms with Crippen molar-refractivity contribution in [3.05, 3.63) is 29.3 Å². The highest BCUT2D eigenvalue weighted by atomic mass is 19.3. The summed E-state index contributed by atoms with van der Waals surface area (Å²) in [6.07, 6.45) is -4.52. The van der Waals surface area contributed by atoms with Crippen LogP contribution in [0, 0.1) is 18.3 Å². The number of alkyl halides is 2. The van der Waals surface area contributed by atoms with E-state index in [9.17, 15) is 8.78 Å². The van der Waals surface area contributed by atoms with Crippen LogP contribution in [0.5, 0.6) is 0 Å². The number of nitrogens with one attached hydrogen (secondary N) is 1. The molecule has 3 nitrogen and oxygen atoms in total. The van der Waals surface area contributed by atoms with Crippen LogP contribution in [0.15, 0.2) is 18.2 Å². The molecule has 1 rings (SSSR count). The number of anilines is 1. The van der Waals surface area contributed by atoms with Crippen LogP contribution in [0.3, 0.4) is 0 Å². The SMILES string of the molecule is Cc1ccc(C#N)c(NCC(O)C(F)F)c1. The van der Waals surface area contributed by atoms with Crippen molar-refractivity contribution in [2.75, 3.05) is 11.9 Å². The number of benzene rings is 1. The minimum atomic E-state index is -2.79. The summed E-state index contributed by atoms with van der Waals surface area (Å²) >= 11 is 0. The van der Waals surface area contributed by atoms with Crippen molar-refractivity contribution in [1.82, 2.24) is 0 Å². The van der Waals surface area contributed by atoms with Crippen LogP contribution in [-0.4, -0.2) is 24.2 Å². The summed E-state index contributed by atoms with van der Waals surface area (Å²) < 4.78 is 24.1. The number of aliphatic hydroxyl groups excluding tert-OH is 1. The Bertz CT molecular complexity index is 401. The van der Waals surface area contributed by atoms with Gasteiger partial charge in [0.1, 0.15) is 12.2 Å². The normalized spacial score (nSPS) is 12.2. The van der Waals surface area contributed by atoms with Crippen LogP contribution >= 0.6 is 0 Å². The van der Waals surface area contributed by atoms with E-state index in [2.05, 4.69) is 5.32 Å². The summed E-state index contributed by atoms with van der Waals surface area (Å²) in [6.45, 7) is 1.55. The standard InChI is InChI=1S/C11H12F2N2O/c1-7-2-3-8(5-14)9(4-7)15-6-10(16)11(12)13/h2-4,10-11,15-16H,6H2,1H3. The smallest absolute Gasteiger partial charge is 0.265 e. The largest absolute Gasteiger partial charge is 0.385 e. The molecule has 0 saturated carbocycles. The van der Waals surface area contributed by atoms with E-state index in [4.69, 9.17) is 10.4 Å². The second-order valence-corrected chi connectivity index (χ2v) is 3.44.